The van der Waals surface area contributed by atoms with E-state index in [1.807, 2.05) is 13.8 Å². The molecule has 0 aromatic heterocycles. The van der Waals surface area contributed by atoms with Crippen LogP contribution in [0.5, 0.6) is 0 Å². The molecule has 1 aromatic carbocycles. The lowest BCUT2D eigenvalue weighted by Crippen LogP contribution is -2.28. The lowest BCUT2D eigenvalue weighted by Gasteiger charge is -2.08. The molecule has 0 spiro atoms. The summed E-state index contributed by atoms with van der Waals surface area (Å²) >= 11 is 1.18. The zero-order valence-corrected chi connectivity index (χ0v) is 13.5. The molecule has 0 bridgehead atoms. The van der Waals surface area contributed by atoms with Crippen molar-refractivity contribution < 1.29 is 18.4 Å². The van der Waals surface area contributed by atoms with Crippen molar-refractivity contribution in [1.29, 1.82) is 0 Å². The van der Waals surface area contributed by atoms with Crippen molar-refractivity contribution in [3.05, 3.63) is 29.8 Å². The average Bonchev–Trinajstić information content (AvgIpc) is 2.80. The Morgan fingerprint density at radius 1 is 1.43 bits per heavy atom. The second-order valence-corrected chi connectivity index (χ2v) is 6.70. The number of rotatable bonds is 5. The molecule has 1 fully saturated rings. The van der Waals surface area contributed by atoms with Crippen molar-refractivity contribution in [3.63, 3.8) is 0 Å². The number of amidine groups is 1. The summed E-state index contributed by atoms with van der Waals surface area (Å²) in [6, 6.07) is 2.87. The lowest BCUT2D eigenvalue weighted by molar-refractivity contribution is -0.122. The second kappa shape index (κ2) is 7.54. The molecule has 23 heavy (non-hydrogen) atoms. The Bertz CT molecular complexity index is 650. The van der Waals surface area contributed by atoms with Gasteiger partial charge in [-0.2, -0.15) is 0 Å². The monoisotopic (exact) mass is 341 g/mol. The SMILES string of the molecule is CC(C)CN=C1NC(=O)C(CC(=O)Nc2ccc(F)cc2F)S1. The predicted molar refractivity (Wildman–Crippen MR) is 86.3 cm³/mol. The first-order valence-electron chi connectivity index (χ1n) is 7.12. The summed E-state index contributed by atoms with van der Waals surface area (Å²) in [6.45, 7) is 4.60. The highest BCUT2D eigenvalue weighted by molar-refractivity contribution is 8.15. The molecule has 8 heteroatoms. The molecule has 2 amide bonds. The summed E-state index contributed by atoms with van der Waals surface area (Å²) in [5, 5.41) is 4.84. The number of nitrogens with one attached hydrogen (secondary N) is 2. The molecule has 124 valence electrons. The largest absolute Gasteiger partial charge is 0.324 e. The number of hydrogen-bond acceptors (Lipinski definition) is 4. The molecule has 1 aromatic rings. The van der Waals surface area contributed by atoms with Crippen LogP contribution < -0.4 is 10.6 Å². The van der Waals surface area contributed by atoms with E-state index < -0.39 is 22.8 Å². The third kappa shape index (κ3) is 5.02. The van der Waals surface area contributed by atoms with Gasteiger partial charge in [0, 0.05) is 19.0 Å². The fraction of sp³-hybridized carbons (Fsp3) is 0.400. The van der Waals surface area contributed by atoms with E-state index in [-0.39, 0.29) is 18.0 Å². The van der Waals surface area contributed by atoms with Crippen LogP contribution in [0.3, 0.4) is 0 Å². The third-order valence-electron chi connectivity index (χ3n) is 2.95. The highest BCUT2D eigenvalue weighted by atomic mass is 32.2. The van der Waals surface area contributed by atoms with Crippen LogP contribution in [0.1, 0.15) is 20.3 Å². The van der Waals surface area contributed by atoms with E-state index in [2.05, 4.69) is 15.6 Å². The standard InChI is InChI=1S/C15H17F2N3O2S/c1-8(2)7-18-15-20-14(22)12(23-15)6-13(21)19-11-4-3-9(16)5-10(11)17/h3-5,8,12H,6-7H2,1-2H3,(H,19,21)(H,18,20,22). The van der Waals surface area contributed by atoms with Gasteiger partial charge in [-0.25, -0.2) is 8.78 Å². The topological polar surface area (TPSA) is 70.6 Å². The van der Waals surface area contributed by atoms with Crippen molar-refractivity contribution in [1.82, 2.24) is 5.32 Å². The maximum Gasteiger partial charge on any atom is 0.240 e. The number of carbonyl (C=O) groups excluding carboxylic acids is 2. The van der Waals surface area contributed by atoms with E-state index in [1.165, 1.54) is 11.8 Å². The smallest absolute Gasteiger partial charge is 0.240 e. The highest BCUT2D eigenvalue weighted by Crippen LogP contribution is 2.23. The second-order valence-electron chi connectivity index (χ2n) is 5.51. The first-order chi connectivity index (χ1) is 10.8. The Morgan fingerprint density at radius 2 is 2.17 bits per heavy atom. The summed E-state index contributed by atoms with van der Waals surface area (Å²) in [4.78, 5) is 28.0. The van der Waals surface area contributed by atoms with Gasteiger partial charge in [0.2, 0.25) is 11.8 Å². The molecule has 1 saturated heterocycles. The summed E-state index contributed by atoms with van der Waals surface area (Å²) < 4.78 is 26.3. The number of aliphatic imine (C=N–C) groups is 1. The van der Waals surface area contributed by atoms with Crippen LogP contribution in [0.2, 0.25) is 0 Å². The number of nitrogens with zero attached hydrogens (tertiary/aromatic N) is 1. The summed E-state index contributed by atoms with van der Waals surface area (Å²) in [5.74, 6) is -2.04. The van der Waals surface area contributed by atoms with Gasteiger partial charge in [0.1, 0.15) is 16.9 Å². The van der Waals surface area contributed by atoms with E-state index in [1.54, 1.807) is 0 Å². The Balaban J connectivity index is 1.92. The maximum atomic E-state index is 13.5. The molecular weight excluding hydrogens is 324 g/mol. The molecule has 2 N–H and O–H groups in total. The molecule has 0 saturated carbocycles. The Morgan fingerprint density at radius 3 is 2.83 bits per heavy atom. The Kier molecular flexibility index (Phi) is 5.70. The number of anilines is 1. The van der Waals surface area contributed by atoms with E-state index in [4.69, 9.17) is 0 Å². The van der Waals surface area contributed by atoms with Crippen LogP contribution in [0.15, 0.2) is 23.2 Å². The molecular formula is C15H17F2N3O2S. The van der Waals surface area contributed by atoms with Gasteiger partial charge in [0.25, 0.3) is 0 Å². The Labute approximate surface area is 136 Å². The van der Waals surface area contributed by atoms with Gasteiger partial charge in [-0.1, -0.05) is 25.6 Å². The number of thioether (sulfide) groups is 1. The fourth-order valence-electron chi connectivity index (χ4n) is 1.84. The minimum atomic E-state index is -0.860. The van der Waals surface area contributed by atoms with Crippen molar-refractivity contribution in [2.45, 2.75) is 25.5 Å². The number of carbonyl (C=O) groups is 2. The molecule has 1 heterocycles. The lowest BCUT2D eigenvalue weighted by atomic mass is 10.2. The van der Waals surface area contributed by atoms with Crippen molar-refractivity contribution in [2.75, 3.05) is 11.9 Å². The van der Waals surface area contributed by atoms with Crippen LogP contribution in [-0.2, 0) is 9.59 Å². The molecule has 5 nitrogen and oxygen atoms in total. The van der Waals surface area contributed by atoms with Gasteiger partial charge in [-0.3, -0.25) is 14.6 Å². The number of halogens is 2. The first-order valence-corrected chi connectivity index (χ1v) is 8.00. The van der Waals surface area contributed by atoms with Crippen molar-refractivity contribution in [3.8, 4) is 0 Å². The molecule has 0 radical (unpaired) electrons. The molecule has 1 aliphatic rings. The molecule has 1 atom stereocenters. The summed E-state index contributed by atoms with van der Waals surface area (Å²) in [7, 11) is 0. The maximum absolute atomic E-state index is 13.5. The quantitative estimate of drug-likeness (QED) is 0.865. The molecule has 1 aliphatic heterocycles. The van der Waals surface area contributed by atoms with E-state index in [0.717, 1.165) is 12.1 Å². The van der Waals surface area contributed by atoms with E-state index >= 15 is 0 Å². The minimum Gasteiger partial charge on any atom is -0.324 e. The third-order valence-corrected chi connectivity index (χ3v) is 4.07. The summed E-state index contributed by atoms with van der Waals surface area (Å²) in [5.41, 5.74) is -0.117. The normalized spacial score (nSPS) is 19.3. The Hall–Kier alpha value is -1.96. The van der Waals surface area contributed by atoms with Crippen LogP contribution in [0.4, 0.5) is 14.5 Å². The van der Waals surface area contributed by atoms with Crippen LogP contribution >= 0.6 is 11.8 Å². The van der Waals surface area contributed by atoms with Gasteiger partial charge in [-0.05, 0) is 18.1 Å². The highest BCUT2D eigenvalue weighted by Gasteiger charge is 2.32. The number of benzene rings is 1. The minimum absolute atomic E-state index is 0.117. The number of amides is 2. The zero-order valence-electron chi connectivity index (χ0n) is 12.7. The van der Waals surface area contributed by atoms with Crippen LogP contribution in [-0.4, -0.2) is 28.8 Å². The van der Waals surface area contributed by atoms with E-state index in [9.17, 15) is 18.4 Å². The number of hydrogen-bond donors (Lipinski definition) is 2. The van der Waals surface area contributed by atoms with Gasteiger partial charge >= 0.3 is 0 Å². The summed E-state index contributed by atoms with van der Waals surface area (Å²) in [6.07, 6.45) is -0.117. The van der Waals surface area contributed by atoms with Gasteiger partial charge < -0.3 is 10.6 Å². The first kappa shape index (κ1) is 17.4. The zero-order chi connectivity index (χ0) is 17.0. The van der Waals surface area contributed by atoms with Crippen molar-refractivity contribution in [2.24, 2.45) is 10.9 Å². The van der Waals surface area contributed by atoms with Gasteiger partial charge in [0.15, 0.2) is 5.17 Å². The fourth-order valence-corrected chi connectivity index (χ4v) is 2.82. The van der Waals surface area contributed by atoms with Gasteiger partial charge in [0.05, 0.1) is 5.69 Å². The van der Waals surface area contributed by atoms with Crippen LogP contribution in [0, 0.1) is 17.6 Å². The average molecular weight is 341 g/mol. The predicted octanol–water partition coefficient (Wildman–Crippen LogP) is 2.54. The van der Waals surface area contributed by atoms with Crippen LogP contribution in [0.25, 0.3) is 0 Å². The van der Waals surface area contributed by atoms with Crippen molar-refractivity contribution >= 4 is 34.4 Å². The van der Waals surface area contributed by atoms with Gasteiger partial charge in [-0.15, -0.1) is 0 Å². The molecule has 0 aliphatic carbocycles. The molecule has 1 unspecified atom stereocenters. The van der Waals surface area contributed by atoms with E-state index in [0.29, 0.717) is 23.7 Å². The molecule has 2 rings (SSSR count).